The number of nitrogens with one attached hydrogen (secondary N) is 2. The van der Waals surface area contributed by atoms with Crippen molar-refractivity contribution in [3.63, 3.8) is 0 Å². The van der Waals surface area contributed by atoms with Gasteiger partial charge >= 0.3 is 0 Å². The highest BCUT2D eigenvalue weighted by atomic mass is 15.0. The normalized spacial score (nSPS) is 11.8. The largest absolute Gasteiger partial charge is 0.383 e. The summed E-state index contributed by atoms with van der Waals surface area (Å²) in [5.74, 6) is 0. The second-order valence-corrected chi connectivity index (χ2v) is 4.16. The molecule has 0 aliphatic rings. The number of benzene rings is 2. The number of hydrogen-bond donors (Lipinski definition) is 2. The predicted octanol–water partition coefficient (Wildman–Crippen LogP) is 3.60. The molecule has 0 amide bonds. The van der Waals surface area contributed by atoms with E-state index in [1.165, 1.54) is 0 Å². The SMILES string of the molecule is C[C@H](CNc1ccccc1)Nc1ccccc1. The third-order valence-electron chi connectivity index (χ3n) is 2.57. The van der Waals surface area contributed by atoms with E-state index in [1.807, 2.05) is 36.4 Å². The summed E-state index contributed by atoms with van der Waals surface area (Å²) in [7, 11) is 0. The number of anilines is 2. The van der Waals surface area contributed by atoms with Crippen molar-refractivity contribution in [2.45, 2.75) is 13.0 Å². The third-order valence-corrected chi connectivity index (χ3v) is 2.57. The van der Waals surface area contributed by atoms with Gasteiger partial charge < -0.3 is 10.6 Å². The van der Waals surface area contributed by atoms with Gasteiger partial charge in [-0.2, -0.15) is 0 Å². The summed E-state index contributed by atoms with van der Waals surface area (Å²) in [5.41, 5.74) is 2.32. The van der Waals surface area contributed by atoms with Crippen molar-refractivity contribution in [1.29, 1.82) is 0 Å². The second-order valence-electron chi connectivity index (χ2n) is 4.16. The summed E-state index contributed by atoms with van der Waals surface area (Å²) in [6.07, 6.45) is 0. The zero-order valence-corrected chi connectivity index (χ0v) is 10.1. The Morgan fingerprint density at radius 3 is 1.94 bits per heavy atom. The summed E-state index contributed by atoms with van der Waals surface area (Å²) in [5, 5.41) is 6.85. The van der Waals surface area contributed by atoms with Gasteiger partial charge in [0.05, 0.1) is 0 Å². The van der Waals surface area contributed by atoms with E-state index in [4.69, 9.17) is 0 Å². The predicted molar refractivity (Wildman–Crippen MR) is 74.5 cm³/mol. The highest BCUT2D eigenvalue weighted by Crippen LogP contribution is 2.08. The molecule has 17 heavy (non-hydrogen) atoms. The van der Waals surface area contributed by atoms with Crippen LogP contribution in [0.25, 0.3) is 0 Å². The first-order valence-electron chi connectivity index (χ1n) is 5.95. The first kappa shape index (κ1) is 11.5. The summed E-state index contributed by atoms with van der Waals surface area (Å²) >= 11 is 0. The minimum absolute atomic E-state index is 0.387. The lowest BCUT2D eigenvalue weighted by molar-refractivity contribution is 0.836. The fraction of sp³-hybridized carbons (Fsp3) is 0.200. The molecule has 2 aromatic rings. The van der Waals surface area contributed by atoms with Crippen LogP contribution in [0.15, 0.2) is 60.7 Å². The summed E-state index contributed by atoms with van der Waals surface area (Å²) in [4.78, 5) is 0. The fourth-order valence-corrected chi connectivity index (χ4v) is 1.70. The molecule has 0 aliphatic heterocycles. The topological polar surface area (TPSA) is 24.1 Å². The molecule has 2 N–H and O–H groups in total. The van der Waals surface area contributed by atoms with Crippen molar-refractivity contribution in [3.05, 3.63) is 60.7 Å². The Bertz CT molecular complexity index is 425. The van der Waals surface area contributed by atoms with Crippen LogP contribution in [0.3, 0.4) is 0 Å². The van der Waals surface area contributed by atoms with Crippen molar-refractivity contribution < 1.29 is 0 Å². The van der Waals surface area contributed by atoms with Crippen molar-refractivity contribution in [1.82, 2.24) is 0 Å². The first-order valence-corrected chi connectivity index (χ1v) is 5.95. The van der Waals surface area contributed by atoms with Gasteiger partial charge in [0.2, 0.25) is 0 Å². The van der Waals surface area contributed by atoms with Crippen LogP contribution in [0.4, 0.5) is 11.4 Å². The van der Waals surface area contributed by atoms with Gasteiger partial charge in [0.15, 0.2) is 0 Å². The van der Waals surface area contributed by atoms with Crippen LogP contribution in [0, 0.1) is 0 Å². The summed E-state index contributed by atoms with van der Waals surface area (Å²) in [6.45, 7) is 3.07. The molecule has 2 heteroatoms. The molecule has 0 spiro atoms. The Hall–Kier alpha value is -1.96. The Morgan fingerprint density at radius 2 is 1.35 bits per heavy atom. The molecule has 2 aromatic carbocycles. The average molecular weight is 226 g/mol. The minimum atomic E-state index is 0.387. The van der Waals surface area contributed by atoms with Crippen LogP contribution < -0.4 is 10.6 Å². The molecule has 0 heterocycles. The van der Waals surface area contributed by atoms with E-state index >= 15 is 0 Å². The van der Waals surface area contributed by atoms with Crippen LogP contribution >= 0.6 is 0 Å². The second kappa shape index (κ2) is 5.94. The monoisotopic (exact) mass is 226 g/mol. The summed E-state index contributed by atoms with van der Waals surface area (Å²) in [6, 6.07) is 20.9. The minimum Gasteiger partial charge on any atom is -0.383 e. The van der Waals surface area contributed by atoms with Crippen molar-refractivity contribution in [2.75, 3.05) is 17.2 Å². The quantitative estimate of drug-likeness (QED) is 0.814. The van der Waals surface area contributed by atoms with E-state index in [0.717, 1.165) is 17.9 Å². The van der Waals surface area contributed by atoms with Crippen LogP contribution in [0.5, 0.6) is 0 Å². The Balaban J connectivity index is 1.80. The molecule has 0 aliphatic carbocycles. The molecular formula is C15H18N2. The molecule has 0 fully saturated rings. The molecule has 0 radical (unpaired) electrons. The Labute approximate surface area is 103 Å². The first-order chi connectivity index (χ1) is 8.34. The molecule has 1 atom stereocenters. The molecule has 88 valence electrons. The molecular weight excluding hydrogens is 208 g/mol. The Morgan fingerprint density at radius 1 is 0.824 bits per heavy atom. The van der Waals surface area contributed by atoms with E-state index in [0.29, 0.717) is 6.04 Å². The lowest BCUT2D eigenvalue weighted by Gasteiger charge is -2.16. The summed E-state index contributed by atoms with van der Waals surface area (Å²) < 4.78 is 0. The van der Waals surface area contributed by atoms with Crippen LogP contribution in [-0.2, 0) is 0 Å². The lowest BCUT2D eigenvalue weighted by atomic mass is 10.2. The zero-order chi connectivity index (χ0) is 11.9. The van der Waals surface area contributed by atoms with Crippen LogP contribution in [0.2, 0.25) is 0 Å². The lowest BCUT2D eigenvalue weighted by Crippen LogP contribution is -2.24. The molecule has 0 unspecified atom stereocenters. The van der Waals surface area contributed by atoms with Gasteiger partial charge in [-0.05, 0) is 31.2 Å². The molecule has 0 bridgehead atoms. The van der Waals surface area contributed by atoms with Gasteiger partial charge in [-0.1, -0.05) is 36.4 Å². The molecule has 2 rings (SSSR count). The highest BCUT2D eigenvalue weighted by Gasteiger charge is 2.00. The van der Waals surface area contributed by atoms with Crippen LogP contribution in [-0.4, -0.2) is 12.6 Å². The fourth-order valence-electron chi connectivity index (χ4n) is 1.70. The number of rotatable bonds is 5. The van der Waals surface area contributed by atoms with Gasteiger partial charge in [0, 0.05) is 24.0 Å². The van der Waals surface area contributed by atoms with E-state index in [9.17, 15) is 0 Å². The van der Waals surface area contributed by atoms with Crippen LogP contribution in [0.1, 0.15) is 6.92 Å². The molecule has 0 saturated heterocycles. The van der Waals surface area contributed by atoms with Crippen molar-refractivity contribution >= 4 is 11.4 Å². The zero-order valence-electron chi connectivity index (χ0n) is 10.1. The molecule has 0 saturated carbocycles. The van der Waals surface area contributed by atoms with E-state index in [-0.39, 0.29) is 0 Å². The van der Waals surface area contributed by atoms with E-state index < -0.39 is 0 Å². The van der Waals surface area contributed by atoms with Gasteiger partial charge in [0.25, 0.3) is 0 Å². The standard InChI is InChI=1S/C15H18N2/c1-13(17-15-10-6-3-7-11-15)12-16-14-8-4-2-5-9-14/h2-11,13,16-17H,12H2,1H3/t13-/m1/s1. The van der Waals surface area contributed by atoms with Gasteiger partial charge in [-0.15, -0.1) is 0 Å². The maximum Gasteiger partial charge on any atom is 0.0405 e. The molecule has 0 aromatic heterocycles. The average Bonchev–Trinajstić information content (AvgIpc) is 2.39. The number of para-hydroxylation sites is 2. The van der Waals surface area contributed by atoms with Crippen molar-refractivity contribution in [3.8, 4) is 0 Å². The molecule has 2 nitrogen and oxygen atoms in total. The maximum absolute atomic E-state index is 3.45. The van der Waals surface area contributed by atoms with Gasteiger partial charge in [-0.25, -0.2) is 0 Å². The number of hydrogen-bond acceptors (Lipinski definition) is 2. The third kappa shape index (κ3) is 3.83. The Kier molecular flexibility index (Phi) is 4.03. The smallest absolute Gasteiger partial charge is 0.0405 e. The van der Waals surface area contributed by atoms with Gasteiger partial charge in [0.1, 0.15) is 0 Å². The van der Waals surface area contributed by atoms with E-state index in [2.05, 4.69) is 41.8 Å². The van der Waals surface area contributed by atoms with E-state index in [1.54, 1.807) is 0 Å². The maximum atomic E-state index is 3.45. The highest BCUT2D eigenvalue weighted by molar-refractivity contribution is 5.45. The van der Waals surface area contributed by atoms with Gasteiger partial charge in [-0.3, -0.25) is 0 Å². The van der Waals surface area contributed by atoms with Crippen molar-refractivity contribution in [2.24, 2.45) is 0 Å².